The first-order chi connectivity index (χ1) is 12.6. The van der Waals surface area contributed by atoms with E-state index in [1.807, 2.05) is 0 Å². The lowest BCUT2D eigenvalue weighted by molar-refractivity contribution is 0.0554. The van der Waals surface area contributed by atoms with Crippen LogP contribution >= 0.6 is 0 Å². The van der Waals surface area contributed by atoms with Gasteiger partial charge in [-0.25, -0.2) is 9.59 Å². The molecule has 0 aliphatic heterocycles. The average molecular weight is 363 g/mol. The van der Waals surface area contributed by atoms with Crippen LogP contribution in [-0.4, -0.2) is 26.2 Å². The number of hydrogen-bond acceptors (Lipinski definition) is 4. The van der Waals surface area contributed by atoms with Crippen LogP contribution < -0.4 is 0 Å². The SMILES string of the molecule is CCCCCCc1cc(CCCCCC)c(C(=O)OC)c(C(=O)OC)c1. The first-order valence-electron chi connectivity index (χ1n) is 9.91. The predicted octanol–water partition coefficient (Wildman–Crippen LogP) is 5.51. The van der Waals surface area contributed by atoms with E-state index >= 15 is 0 Å². The van der Waals surface area contributed by atoms with E-state index in [0.29, 0.717) is 11.1 Å². The average Bonchev–Trinajstić information content (AvgIpc) is 2.67. The van der Waals surface area contributed by atoms with Crippen molar-refractivity contribution in [2.45, 2.75) is 78.1 Å². The molecule has 0 atom stereocenters. The number of methoxy groups -OCH3 is 2. The molecule has 26 heavy (non-hydrogen) atoms. The molecule has 0 unspecified atom stereocenters. The molecule has 0 fully saturated rings. The highest BCUT2D eigenvalue weighted by atomic mass is 16.5. The number of ether oxygens (including phenoxy) is 2. The summed E-state index contributed by atoms with van der Waals surface area (Å²) in [7, 11) is 2.70. The number of benzene rings is 1. The zero-order valence-corrected chi connectivity index (χ0v) is 16.9. The molecule has 1 rings (SSSR count). The topological polar surface area (TPSA) is 52.6 Å². The minimum Gasteiger partial charge on any atom is -0.465 e. The van der Waals surface area contributed by atoms with E-state index in [4.69, 9.17) is 9.47 Å². The molecule has 1 aromatic rings. The minimum absolute atomic E-state index is 0.331. The summed E-state index contributed by atoms with van der Waals surface area (Å²) in [6.07, 6.45) is 10.8. The first-order valence-corrected chi connectivity index (χ1v) is 9.91. The molecule has 0 N–H and O–H groups in total. The number of unbranched alkanes of at least 4 members (excludes halogenated alkanes) is 6. The Kier molecular flexibility index (Phi) is 10.7. The van der Waals surface area contributed by atoms with Gasteiger partial charge in [-0.2, -0.15) is 0 Å². The van der Waals surface area contributed by atoms with Crippen LogP contribution in [0.4, 0.5) is 0 Å². The molecular weight excluding hydrogens is 328 g/mol. The summed E-state index contributed by atoms with van der Waals surface area (Å²) in [6.45, 7) is 4.36. The molecule has 0 aromatic heterocycles. The van der Waals surface area contributed by atoms with Gasteiger partial charge in [0.2, 0.25) is 0 Å². The molecule has 146 valence electrons. The highest BCUT2D eigenvalue weighted by molar-refractivity contribution is 6.04. The third kappa shape index (κ3) is 6.81. The van der Waals surface area contributed by atoms with E-state index in [0.717, 1.165) is 49.7 Å². The van der Waals surface area contributed by atoms with Gasteiger partial charge in [-0.3, -0.25) is 0 Å². The van der Waals surface area contributed by atoms with Crippen LogP contribution in [0.15, 0.2) is 12.1 Å². The van der Waals surface area contributed by atoms with Gasteiger partial charge in [0.05, 0.1) is 25.3 Å². The molecule has 0 radical (unpaired) electrons. The van der Waals surface area contributed by atoms with Gasteiger partial charge in [-0.15, -0.1) is 0 Å². The lowest BCUT2D eigenvalue weighted by Crippen LogP contribution is -2.16. The smallest absolute Gasteiger partial charge is 0.339 e. The van der Waals surface area contributed by atoms with Crippen molar-refractivity contribution in [2.24, 2.45) is 0 Å². The third-order valence-corrected chi connectivity index (χ3v) is 4.69. The van der Waals surface area contributed by atoms with Crippen LogP contribution in [0.2, 0.25) is 0 Å². The quantitative estimate of drug-likeness (QED) is 0.364. The second-order valence-electron chi connectivity index (χ2n) is 6.78. The first kappa shape index (κ1) is 22.2. The van der Waals surface area contributed by atoms with Crippen molar-refractivity contribution >= 4 is 11.9 Å². The van der Waals surface area contributed by atoms with E-state index in [9.17, 15) is 9.59 Å². The van der Waals surface area contributed by atoms with E-state index in [1.54, 1.807) is 6.07 Å². The number of hydrogen-bond donors (Lipinski definition) is 0. The molecule has 4 nitrogen and oxygen atoms in total. The molecule has 0 heterocycles. The monoisotopic (exact) mass is 362 g/mol. The second-order valence-corrected chi connectivity index (χ2v) is 6.78. The zero-order valence-electron chi connectivity index (χ0n) is 16.9. The lowest BCUT2D eigenvalue weighted by Gasteiger charge is -2.15. The largest absolute Gasteiger partial charge is 0.465 e. The van der Waals surface area contributed by atoms with Crippen molar-refractivity contribution in [1.29, 1.82) is 0 Å². The summed E-state index contributed by atoms with van der Waals surface area (Å²) in [5.74, 6) is -0.941. The standard InChI is InChI=1S/C22H34O4/c1-5-7-9-11-13-17-15-18(14-12-10-8-6-2)20(22(24)26-4)19(16-17)21(23)25-3/h15-16H,5-14H2,1-4H3. The summed E-state index contributed by atoms with van der Waals surface area (Å²) in [6, 6.07) is 3.89. The lowest BCUT2D eigenvalue weighted by atomic mass is 9.92. The van der Waals surface area contributed by atoms with Crippen LogP contribution in [0.3, 0.4) is 0 Å². The highest BCUT2D eigenvalue weighted by Crippen LogP contribution is 2.24. The van der Waals surface area contributed by atoms with Gasteiger partial charge < -0.3 is 9.47 Å². The zero-order chi connectivity index (χ0) is 19.4. The minimum atomic E-state index is -0.476. The van der Waals surface area contributed by atoms with Crippen molar-refractivity contribution in [3.05, 3.63) is 34.4 Å². The number of carbonyl (C=O) groups is 2. The van der Waals surface area contributed by atoms with Crippen LogP contribution in [0.25, 0.3) is 0 Å². The fourth-order valence-corrected chi connectivity index (χ4v) is 3.22. The molecule has 0 bridgehead atoms. The Morgan fingerprint density at radius 3 is 1.88 bits per heavy atom. The number of carbonyl (C=O) groups excluding carboxylic acids is 2. The van der Waals surface area contributed by atoms with Crippen molar-refractivity contribution in [3.8, 4) is 0 Å². The van der Waals surface area contributed by atoms with Gasteiger partial charge in [-0.05, 0) is 42.9 Å². The number of esters is 2. The van der Waals surface area contributed by atoms with E-state index in [2.05, 4.69) is 19.9 Å². The van der Waals surface area contributed by atoms with Gasteiger partial charge in [0.25, 0.3) is 0 Å². The van der Waals surface area contributed by atoms with E-state index < -0.39 is 11.9 Å². The van der Waals surface area contributed by atoms with Crippen LogP contribution in [0.5, 0.6) is 0 Å². The molecule has 4 heteroatoms. The summed E-state index contributed by atoms with van der Waals surface area (Å²) >= 11 is 0. The highest BCUT2D eigenvalue weighted by Gasteiger charge is 2.23. The Balaban J connectivity index is 3.16. The maximum Gasteiger partial charge on any atom is 0.339 e. The van der Waals surface area contributed by atoms with E-state index in [1.165, 1.54) is 39.9 Å². The summed E-state index contributed by atoms with van der Waals surface area (Å²) in [5, 5.41) is 0. The number of aryl methyl sites for hydroxylation is 2. The van der Waals surface area contributed by atoms with Crippen LogP contribution in [0.1, 0.15) is 97.1 Å². The Morgan fingerprint density at radius 1 is 0.769 bits per heavy atom. The second kappa shape index (κ2) is 12.5. The van der Waals surface area contributed by atoms with Gasteiger partial charge in [0, 0.05) is 0 Å². The molecule has 0 spiro atoms. The third-order valence-electron chi connectivity index (χ3n) is 4.69. The Morgan fingerprint density at radius 2 is 1.35 bits per heavy atom. The fraction of sp³-hybridized carbons (Fsp3) is 0.636. The summed E-state index contributed by atoms with van der Waals surface area (Å²) in [5.41, 5.74) is 2.70. The molecule has 0 aliphatic rings. The summed E-state index contributed by atoms with van der Waals surface area (Å²) < 4.78 is 9.87. The van der Waals surface area contributed by atoms with Crippen LogP contribution in [0, 0.1) is 0 Å². The van der Waals surface area contributed by atoms with Crippen molar-refractivity contribution < 1.29 is 19.1 Å². The normalized spacial score (nSPS) is 10.6. The molecule has 1 aromatic carbocycles. The van der Waals surface area contributed by atoms with E-state index in [-0.39, 0.29) is 0 Å². The Labute approximate surface area is 158 Å². The predicted molar refractivity (Wildman–Crippen MR) is 105 cm³/mol. The number of rotatable bonds is 12. The fourth-order valence-electron chi connectivity index (χ4n) is 3.22. The molecule has 0 amide bonds. The van der Waals surface area contributed by atoms with Crippen molar-refractivity contribution in [3.63, 3.8) is 0 Å². The molecular formula is C22H34O4. The molecule has 0 saturated carbocycles. The van der Waals surface area contributed by atoms with Crippen LogP contribution in [-0.2, 0) is 22.3 Å². The summed E-state index contributed by atoms with van der Waals surface area (Å²) in [4.78, 5) is 24.6. The Bertz CT molecular complexity index is 578. The van der Waals surface area contributed by atoms with Gasteiger partial charge in [0.15, 0.2) is 0 Å². The van der Waals surface area contributed by atoms with Crippen molar-refractivity contribution in [2.75, 3.05) is 14.2 Å². The maximum atomic E-state index is 12.3. The Hall–Kier alpha value is -1.84. The molecule has 0 aliphatic carbocycles. The van der Waals surface area contributed by atoms with Gasteiger partial charge >= 0.3 is 11.9 Å². The van der Waals surface area contributed by atoms with Gasteiger partial charge in [0.1, 0.15) is 0 Å². The van der Waals surface area contributed by atoms with Gasteiger partial charge in [-0.1, -0.05) is 58.4 Å². The molecule has 0 saturated heterocycles. The maximum absolute atomic E-state index is 12.3. The van der Waals surface area contributed by atoms with Crippen molar-refractivity contribution in [1.82, 2.24) is 0 Å².